The van der Waals surface area contributed by atoms with Gasteiger partial charge in [0.05, 0.1) is 19.9 Å². The summed E-state index contributed by atoms with van der Waals surface area (Å²) < 4.78 is 11.7. The maximum atomic E-state index is 10.3. The largest absolute Gasteiger partial charge is 0.497 e. The summed E-state index contributed by atoms with van der Waals surface area (Å²) >= 11 is 0. The van der Waals surface area contributed by atoms with Crippen LogP contribution in [0, 0.1) is 0 Å². The van der Waals surface area contributed by atoms with Gasteiger partial charge >= 0.3 is 0 Å². The van der Waals surface area contributed by atoms with Crippen LogP contribution >= 0.6 is 0 Å². The van der Waals surface area contributed by atoms with Gasteiger partial charge in [0.15, 0.2) is 6.29 Å². The molecule has 1 aliphatic heterocycles. The zero-order chi connectivity index (χ0) is 19.8. The fraction of sp³-hybridized carbons (Fsp3) is 0.368. The third-order valence-electron chi connectivity index (χ3n) is 5.03. The molecule has 9 nitrogen and oxygen atoms in total. The van der Waals surface area contributed by atoms with Crippen LogP contribution in [0.15, 0.2) is 42.6 Å². The molecular weight excluding hydrogens is 366 g/mol. The van der Waals surface area contributed by atoms with Gasteiger partial charge in [0.25, 0.3) is 0 Å². The monoisotopic (exact) mass is 387 g/mol. The lowest BCUT2D eigenvalue weighted by atomic mass is 9.97. The predicted molar refractivity (Wildman–Crippen MR) is 98.5 cm³/mol. The Hall–Kier alpha value is -2.56. The number of fused-ring (bicyclic) bond motifs is 1. The van der Waals surface area contributed by atoms with Crippen LogP contribution in [0.3, 0.4) is 0 Å². The molecule has 1 unspecified atom stereocenters. The van der Waals surface area contributed by atoms with Gasteiger partial charge in [0.2, 0.25) is 0 Å². The third kappa shape index (κ3) is 3.23. The second-order valence-electron chi connectivity index (χ2n) is 6.73. The van der Waals surface area contributed by atoms with Crippen molar-refractivity contribution in [1.82, 2.24) is 15.0 Å². The van der Waals surface area contributed by atoms with Gasteiger partial charge < -0.3 is 29.9 Å². The van der Waals surface area contributed by atoms with E-state index in [9.17, 15) is 20.4 Å². The molecule has 0 aliphatic carbocycles. The van der Waals surface area contributed by atoms with Crippen LogP contribution in [0.4, 0.5) is 0 Å². The van der Waals surface area contributed by atoms with Crippen molar-refractivity contribution in [3.63, 3.8) is 0 Å². The minimum atomic E-state index is -1.45. The molecule has 2 aromatic carbocycles. The van der Waals surface area contributed by atoms with Crippen LogP contribution in [0.5, 0.6) is 5.75 Å². The average Bonchev–Trinajstić information content (AvgIpc) is 3.19. The van der Waals surface area contributed by atoms with Crippen molar-refractivity contribution >= 4 is 10.8 Å². The van der Waals surface area contributed by atoms with E-state index in [1.54, 1.807) is 13.3 Å². The molecule has 4 N–H and O–H groups in total. The van der Waals surface area contributed by atoms with E-state index in [0.29, 0.717) is 5.69 Å². The van der Waals surface area contributed by atoms with Crippen molar-refractivity contribution in [2.45, 2.75) is 30.6 Å². The highest BCUT2D eigenvalue weighted by Crippen LogP contribution is 2.30. The summed E-state index contributed by atoms with van der Waals surface area (Å²) in [6.45, 7) is -0.521. The quantitative estimate of drug-likeness (QED) is 0.495. The molecule has 5 atom stereocenters. The molecule has 1 aromatic heterocycles. The molecule has 0 saturated carbocycles. The normalized spacial score (nSPS) is 27.8. The average molecular weight is 387 g/mol. The second-order valence-corrected chi connectivity index (χ2v) is 6.73. The molecular formula is C19H21N3O6. The molecule has 148 valence electrons. The van der Waals surface area contributed by atoms with Gasteiger partial charge in [-0.05, 0) is 29.0 Å². The van der Waals surface area contributed by atoms with Crippen LogP contribution in [-0.2, 0) is 4.74 Å². The number of nitrogens with zero attached hydrogens (tertiary/aromatic N) is 3. The Labute approximate surface area is 160 Å². The first-order valence-corrected chi connectivity index (χ1v) is 8.82. The molecule has 9 heteroatoms. The molecule has 1 aliphatic rings. The first-order chi connectivity index (χ1) is 13.5. The van der Waals surface area contributed by atoms with Crippen molar-refractivity contribution in [1.29, 1.82) is 0 Å². The Morgan fingerprint density at radius 2 is 1.82 bits per heavy atom. The fourth-order valence-electron chi connectivity index (χ4n) is 3.43. The SMILES string of the molecule is COc1ccc2cc(-c3cn([C@H]4C(O)O[C@H](CO)[C@@H](O)[C@@H]4O)nn3)ccc2c1. The van der Waals surface area contributed by atoms with E-state index in [0.717, 1.165) is 22.1 Å². The van der Waals surface area contributed by atoms with Crippen molar-refractivity contribution in [3.8, 4) is 17.0 Å². The number of benzene rings is 2. The highest BCUT2D eigenvalue weighted by atomic mass is 16.6. The minimum Gasteiger partial charge on any atom is -0.497 e. The lowest BCUT2D eigenvalue weighted by molar-refractivity contribution is -0.265. The first kappa shape index (κ1) is 18.8. The standard InChI is InChI=1S/C19H21N3O6/c1-27-13-5-4-10-6-12(3-2-11(10)7-13)14-8-22(21-20-14)16-18(25)17(24)15(9-23)28-19(16)26/h2-8,15-19,23-26H,9H2,1H3/t15-,16-,17-,18-,19?/m1/s1. The molecule has 0 spiro atoms. The fourth-order valence-corrected chi connectivity index (χ4v) is 3.43. The van der Waals surface area contributed by atoms with E-state index in [4.69, 9.17) is 9.47 Å². The van der Waals surface area contributed by atoms with Crippen LogP contribution < -0.4 is 4.74 Å². The van der Waals surface area contributed by atoms with Crippen molar-refractivity contribution in [2.24, 2.45) is 0 Å². The number of ether oxygens (including phenoxy) is 2. The number of hydrogen-bond acceptors (Lipinski definition) is 8. The molecule has 0 radical (unpaired) electrons. The molecule has 2 heterocycles. The highest BCUT2D eigenvalue weighted by Gasteiger charge is 2.45. The third-order valence-corrected chi connectivity index (χ3v) is 5.03. The minimum absolute atomic E-state index is 0.521. The smallest absolute Gasteiger partial charge is 0.180 e. The Kier molecular flexibility index (Phi) is 5.00. The van der Waals surface area contributed by atoms with E-state index < -0.39 is 37.3 Å². The van der Waals surface area contributed by atoms with E-state index in [2.05, 4.69) is 10.3 Å². The van der Waals surface area contributed by atoms with Gasteiger partial charge in [-0.3, -0.25) is 0 Å². The maximum absolute atomic E-state index is 10.3. The van der Waals surface area contributed by atoms with Crippen LogP contribution in [0.2, 0.25) is 0 Å². The zero-order valence-electron chi connectivity index (χ0n) is 15.1. The Bertz CT molecular complexity index is 977. The number of aliphatic hydroxyl groups excluding tert-OH is 4. The summed E-state index contributed by atoms with van der Waals surface area (Å²) in [5.74, 6) is 0.770. The van der Waals surface area contributed by atoms with E-state index >= 15 is 0 Å². The summed E-state index contributed by atoms with van der Waals surface area (Å²) in [5, 5.41) is 49.8. The lowest BCUT2D eigenvalue weighted by Crippen LogP contribution is -2.56. The Morgan fingerprint density at radius 1 is 1.07 bits per heavy atom. The van der Waals surface area contributed by atoms with Crippen molar-refractivity contribution in [2.75, 3.05) is 13.7 Å². The van der Waals surface area contributed by atoms with Gasteiger partial charge in [-0.2, -0.15) is 0 Å². The number of aromatic nitrogens is 3. The Balaban J connectivity index is 1.63. The van der Waals surface area contributed by atoms with E-state index in [1.807, 2.05) is 36.4 Å². The first-order valence-electron chi connectivity index (χ1n) is 8.82. The number of aliphatic hydroxyl groups is 4. The van der Waals surface area contributed by atoms with E-state index in [1.165, 1.54) is 4.68 Å². The molecule has 0 bridgehead atoms. The van der Waals surface area contributed by atoms with Gasteiger partial charge in [-0.1, -0.05) is 23.4 Å². The van der Waals surface area contributed by atoms with Crippen LogP contribution in [0.25, 0.3) is 22.0 Å². The lowest BCUT2D eigenvalue weighted by Gasteiger charge is -2.39. The topological polar surface area (TPSA) is 130 Å². The van der Waals surface area contributed by atoms with Gasteiger partial charge in [0, 0.05) is 5.56 Å². The summed E-state index contributed by atoms with van der Waals surface area (Å²) in [6, 6.07) is 10.5. The molecule has 28 heavy (non-hydrogen) atoms. The maximum Gasteiger partial charge on any atom is 0.180 e. The summed E-state index contributed by atoms with van der Waals surface area (Å²) in [5.41, 5.74) is 1.34. The number of rotatable bonds is 4. The number of methoxy groups -OCH3 is 1. The summed E-state index contributed by atoms with van der Waals surface area (Å²) in [7, 11) is 1.62. The zero-order valence-corrected chi connectivity index (χ0v) is 15.1. The summed E-state index contributed by atoms with van der Waals surface area (Å²) in [6.07, 6.45) is -3.69. The van der Waals surface area contributed by atoms with Gasteiger partial charge in [-0.25, -0.2) is 4.68 Å². The van der Waals surface area contributed by atoms with Crippen LogP contribution in [-0.4, -0.2) is 73.7 Å². The van der Waals surface area contributed by atoms with Gasteiger partial charge in [0.1, 0.15) is 35.8 Å². The second kappa shape index (κ2) is 7.46. The van der Waals surface area contributed by atoms with Crippen LogP contribution in [0.1, 0.15) is 6.04 Å². The molecule has 1 saturated heterocycles. The molecule has 0 amide bonds. The van der Waals surface area contributed by atoms with Gasteiger partial charge in [-0.15, -0.1) is 5.10 Å². The predicted octanol–water partition coefficient (Wildman–Crippen LogP) is 0.0793. The Morgan fingerprint density at radius 3 is 2.57 bits per heavy atom. The van der Waals surface area contributed by atoms with Crippen molar-refractivity contribution < 1.29 is 29.9 Å². The van der Waals surface area contributed by atoms with E-state index in [-0.39, 0.29) is 0 Å². The molecule has 4 rings (SSSR count). The summed E-state index contributed by atoms with van der Waals surface area (Å²) in [4.78, 5) is 0. The van der Waals surface area contributed by atoms with Crippen molar-refractivity contribution in [3.05, 3.63) is 42.6 Å². The highest BCUT2D eigenvalue weighted by molar-refractivity contribution is 5.87. The number of hydrogen-bond donors (Lipinski definition) is 4. The molecule has 3 aromatic rings. The molecule has 1 fully saturated rings.